The van der Waals surface area contributed by atoms with E-state index in [0.29, 0.717) is 0 Å². The number of hydrogen-bond donors (Lipinski definition) is 0. The summed E-state index contributed by atoms with van der Waals surface area (Å²) >= 11 is 0. The summed E-state index contributed by atoms with van der Waals surface area (Å²) < 4.78 is 0. The maximum absolute atomic E-state index is 2.72. The molecule has 2 fully saturated rings. The van der Waals surface area contributed by atoms with Crippen LogP contribution in [0.15, 0.2) is 0 Å². The van der Waals surface area contributed by atoms with Crippen molar-refractivity contribution in [2.24, 2.45) is 0 Å². The van der Waals surface area contributed by atoms with E-state index in [9.17, 15) is 0 Å². The molecular weight excluding hydrogens is 184 g/mol. The average molecular weight is 210 g/mol. The quantitative estimate of drug-likeness (QED) is 0.703. The number of fused-ring (bicyclic) bond motifs is 1. The Kier molecular flexibility index (Phi) is 4.04. The van der Waals surface area contributed by atoms with Gasteiger partial charge in [-0.2, -0.15) is 0 Å². The molecule has 2 saturated heterocycles. The first-order valence-electron chi connectivity index (χ1n) is 6.79. The lowest BCUT2D eigenvalue weighted by Gasteiger charge is -2.40. The minimum atomic E-state index is 0.813. The zero-order valence-corrected chi connectivity index (χ0v) is 10.4. The average Bonchev–Trinajstić information content (AvgIpc) is 2.72. The predicted octanol–water partition coefficient (Wildman–Crippen LogP) is 2.35. The van der Waals surface area contributed by atoms with Gasteiger partial charge in [0.1, 0.15) is 0 Å². The van der Waals surface area contributed by atoms with E-state index in [1.165, 1.54) is 58.3 Å². The first-order valence-corrected chi connectivity index (χ1v) is 6.79. The minimum absolute atomic E-state index is 0.813. The summed E-state index contributed by atoms with van der Waals surface area (Å²) in [4.78, 5) is 5.42. The molecule has 0 bridgehead atoms. The third-order valence-corrected chi connectivity index (χ3v) is 4.22. The third-order valence-electron chi connectivity index (χ3n) is 4.22. The van der Waals surface area contributed by atoms with Gasteiger partial charge in [-0.25, -0.2) is 0 Å². The second-order valence-corrected chi connectivity index (χ2v) is 5.32. The summed E-state index contributed by atoms with van der Waals surface area (Å²) in [5, 5.41) is 0. The van der Waals surface area contributed by atoms with Crippen molar-refractivity contribution in [3.8, 4) is 0 Å². The lowest BCUT2D eigenvalue weighted by molar-refractivity contribution is 0.0735. The Morgan fingerprint density at radius 2 is 2.13 bits per heavy atom. The summed E-state index contributed by atoms with van der Waals surface area (Å²) in [7, 11) is 0. The molecule has 2 atom stereocenters. The van der Waals surface area contributed by atoms with Gasteiger partial charge in [-0.05, 0) is 32.7 Å². The van der Waals surface area contributed by atoms with Gasteiger partial charge < -0.3 is 0 Å². The van der Waals surface area contributed by atoms with Crippen molar-refractivity contribution < 1.29 is 0 Å². The fraction of sp³-hybridized carbons (Fsp3) is 1.00. The fourth-order valence-electron chi connectivity index (χ4n) is 3.10. The van der Waals surface area contributed by atoms with Gasteiger partial charge in [-0.1, -0.05) is 19.8 Å². The molecule has 0 N–H and O–H groups in total. The molecule has 2 unspecified atom stereocenters. The van der Waals surface area contributed by atoms with Crippen LogP contribution in [0.4, 0.5) is 0 Å². The molecule has 2 rings (SSSR count). The number of hydrogen-bond acceptors (Lipinski definition) is 2. The van der Waals surface area contributed by atoms with Crippen molar-refractivity contribution in [1.29, 1.82) is 0 Å². The van der Waals surface area contributed by atoms with Crippen LogP contribution in [-0.2, 0) is 0 Å². The van der Waals surface area contributed by atoms with Crippen molar-refractivity contribution in [3.05, 3.63) is 0 Å². The van der Waals surface area contributed by atoms with E-state index in [4.69, 9.17) is 0 Å². The SMILES string of the molecule is CCCCC(C)N1CCN2CCCC2C1. The van der Waals surface area contributed by atoms with Crippen molar-refractivity contribution in [2.75, 3.05) is 26.2 Å². The van der Waals surface area contributed by atoms with E-state index in [1.54, 1.807) is 0 Å². The molecule has 0 spiro atoms. The highest BCUT2D eigenvalue weighted by atomic mass is 15.3. The monoisotopic (exact) mass is 210 g/mol. The molecule has 0 amide bonds. The van der Waals surface area contributed by atoms with Crippen LogP contribution in [0.1, 0.15) is 46.0 Å². The van der Waals surface area contributed by atoms with Crippen LogP contribution in [0.2, 0.25) is 0 Å². The van der Waals surface area contributed by atoms with E-state index in [2.05, 4.69) is 23.6 Å². The summed E-state index contributed by atoms with van der Waals surface area (Å²) in [5.41, 5.74) is 0. The lowest BCUT2D eigenvalue weighted by Crippen LogP contribution is -2.52. The molecule has 2 heterocycles. The van der Waals surface area contributed by atoms with Crippen molar-refractivity contribution >= 4 is 0 Å². The highest BCUT2D eigenvalue weighted by molar-refractivity contribution is 4.88. The molecular formula is C13H26N2. The largest absolute Gasteiger partial charge is 0.298 e. The van der Waals surface area contributed by atoms with E-state index < -0.39 is 0 Å². The fourth-order valence-corrected chi connectivity index (χ4v) is 3.10. The Balaban J connectivity index is 1.78. The van der Waals surface area contributed by atoms with Crippen LogP contribution < -0.4 is 0 Å². The van der Waals surface area contributed by atoms with Gasteiger partial charge in [0.05, 0.1) is 0 Å². The van der Waals surface area contributed by atoms with Crippen LogP contribution in [0.25, 0.3) is 0 Å². The van der Waals surface area contributed by atoms with Crippen molar-refractivity contribution in [1.82, 2.24) is 9.80 Å². The van der Waals surface area contributed by atoms with Gasteiger partial charge in [0.2, 0.25) is 0 Å². The predicted molar refractivity (Wildman–Crippen MR) is 65.2 cm³/mol. The van der Waals surface area contributed by atoms with E-state index in [1.807, 2.05) is 0 Å². The number of piperazine rings is 1. The highest BCUT2D eigenvalue weighted by Crippen LogP contribution is 2.23. The molecule has 0 aromatic rings. The van der Waals surface area contributed by atoms with Crippen molar-refractivity contribution in [3.63, 3.8) is 0 Å². The zero-order chi connectivity index (χ0) is 10.7. The molecule has 0 saturated carbocycles. The number of unbranched alkanes of at least 4 members (excludes halogenated alkanes) is 1. The Labute approximate surface area is 94.6 Å². The zero-order valence-electron chi connectivity index (χ0n) is 10.4. The third kappa shape index (κ3) is 2.73. The summed E-state index contributed by atoms with van der Waals surface area (Å²) in [6, 6.07) is 1.70. The molecule has 0 radical (unpaired) electrons. The maximum atomic E-state index is 2.72. The van der Waals surface area contributed by atoms with Crippen LogP contribution in [0, 0.1) is 0 Å². The molecule has 88 valence electrons. The van der Waals surface area contributed by atoms with Gasteiger partial charge >= 0.3 is 0 Å². The Morgan fingerprint density at radius 1 is 1.27 bits per heavy atom. The summed E-state index contributed by atoms with van der Waals surface area (Å²) in [6.45, 7) is 10.0. The van der Waals surface area contributed by atoms with E-state index >= 15 is 0 Å². The molecule has 0 aromatic carbocycles. The number of rotatable bonds is 4. The normalized spacial score (nSPS) is 30.4. The number of nitrogens with zero attached hydrogens (tertiary/aromatic N) is 2. The molecule has 2 aliphatic heterocycles. The summed E-state index contributed by atoms with van der Waals surface area (Å²) in [5.74, 6) is 0. The van der Waals surface area contributed by atoms with Crippen LogP contribution in [0.5, 0.6) is 0 Å². The molecule has 2 heteroatoms. The molecule has 2 aliphatic rings. The summed E-state index contributed by atoms with van der Waals surface area (Å²) in [6.07, 6.45) is 7.00. The highest BCUT2D eigenvalue weighted by Gasteiger charge is 2.31. The van der Waals surface area contributed by atoms with E-state index in [0.717, 1.165) is 12.1 Å². The Bertz CT molecular complexity index is 193. The van der Waals surface area contributed by atoms with E-state index in [-0.39, 0.29) is 0 Å². The van der Waals surface area contributed by atoms with Gasteiger partial charge in [0.25, 0.3) is 0 Å². The standard InChI is InChI=1S/C13H26N2/c1-3-4-6-12(2)15-10-9-14-8-5-7-13(14)11-15/h12-13H,3-11H2,1-2H3. The first-order chi connectivity index (χ1) is 7.31. The molecule has 2 nitrogen and oxygen atoms in total. The topological polar surface area (TPSA) is 6.48 Å². The minimum Gasteiger partial charge on any atom is -0.298 e. The van der Waals surface area contributed by atoms with Gasteiger partial charge in [0.15, 0.2) is 0 Å². The Hall–Kier alpha value is -0.0800. The first kappa shape index (κ1) is 11.4. The smallest absolute Gasteiger partial charge is 0.0224 e. The lowest BCUT2D eigenvalue weighted by atomic mass is 10.1. The molecule has 15 heavy (non-hydrogen) atoms. The van der Waals surface area contributed by atoms with Crippen LogP contribution >= 0.6 is 0 Å². The maximum Gasteiger partial charge on any atom is 0.0224 e. The van der Waals surface area contributed by atoms with Crippen LogP contribution in [-0.4, -0.2) is 48.1 Å². The molecule has 0 aliphatic carbocycles. The van der Waals surface area contributed by atoms with Crippen molar-refractivity contribution in [2.45, 2.75) is 58.0 Å². The Morgan fingerprint density at radius 3 is 2.93 bits per heavy atom. The van der Waals surface area contributed by atoms with Gasteiger partial charge in [-0.3, -0.25) is 9.80 Å². The molecule has 0 aromatic heterocycles. The van der Waals surface area contributed by atoms with Gasteiger partial charge in [-0.15, -0.1) is 0 Å². The van der Waals surface area contributed by atoms with Gasteiger partial charge in [0, 0.05) is 31.7 Å². The second-order valence-electron chi connectivity index (χ2n) is 5.32. The second kappa shape index (κ2) is 5.31. The van der Waals surface area contributed by atoms with Crippen LogP contribution in [0.3, 0.4) is 0 Å².